The smallest absolute Gasteiger partial charge is 0.311 e. The van der Waals surface area contributed by atoms with Crippen molar-refractivity contribution in [2.75, 3.05) is 18.5 Å². The maximum Gasteiger partial charge on any atom is 0.311 e. The van der Waals surface area contributed by atoms with Crippen LogP contribution in [0, 0.1) is 12.8 Å². The lowest BCUT2D eigenvalue weighted by Gasteiger charge is -2.18. The van der Waals surface area contributed by atoms with Crippen LogP contribution in [0.4, 0.5) is 5.69 Å². The predicted octanol–water partition coefficient (Wildman–Crippen LogP) is 2.32. The fraction of sp³-hybridized carbons (Fsp3) is 0.238. The van der Waals surface area contributed by atoms with Crippen molar-refractivity contribution in [3.63, 3.8) is 0 Å². The molecule has 2 aromatic carbocycles. The molecular weight excluding hydrogens is 410 g/mol. The molecule has 3 rings (SSSR count). The number of hydrogen-bond donors (Lipinski definition) is 2. The highest BCUT2D eigenvalue weighted by Gasteiger charge is 2.36. The van der Waals surface area contributed by atoms with Gasteiger partial charge in [-0.15, -0.1) is 0 Å². The van der Waals surface area contributed by atoms with E-state index < -0.39 is 36.2 Å². The fourth-order valence-corrected chi connectivity index (χ4v) is 3.17. The van der Waals surface area contributed by atoms with Crippen LogP contribution >= 0.6 is 11.6 Å². The van der Waals surface area contributed by atoms with Gasteiger partial charge < -0.3 is 10.1 Å². The molecule has 9 heteroatoms. The molecule has 156 valence electrons. The zero-order chi connectivity index (χ0) is 21.7. The third-order valence-electron chi connectivity index (χ3n) is 4.58. The number of hydrazine groups is 1. The second-order valence-corrected chi connectivity index (χ2v) is 7.20. The summed E-state index contributed by atoms with van der Waals surface area (Å²) in [6.45, 7) is 1.25. The van der Waals surface area contributed by atoms with E-state index in [4.69, 9.17) is 16.3 Å². The third-order valence-corrected chi connectivity index (χ3v) is 4.91. The molecule has 0 saturated carbocycles. The number of esters is 1. The number of carbonyl (C=O) groups is 4. The van der Waals surface area contributed by atoms with Gasteiger partial charge in [0.15, 0.2) is 6.61 Å². The molecule has 1 aliphatic rings. The molecule has 1 saturated heterocycles. The summed E-state index contributed by atoms with van der Waals surface area (Å²) < 4.78 is 5.02. The number of rotatable bonds is 6. The van der Waals surface area contributed by atoms with Crippen molar-refractivity contribution in [2.45, 2.75) is 13.3 Å². The lowest BCUT2D eigenvalue weighted by molar-refractivity contribution is -0.151. The highest BCUT2D eigenvalue weighted by molar-refractivity contribution is 6.33. The van der Waals surface area contributed by atoms with Gasteiger partial charge in [-0.05, 0) is 30.7 Å². The molecular formula is C21H20ClN3O5. The number of halogens is 1. The molecule has 1 fully saturated rings. The summed E-state index contributed by atoms with van der Waals surface area (Å²) >= 11 is 5.96. The number of amides is 3. The number of nitrogens with one attached hydrogen (secondary N) is 2. The Morgan fingerprint density at radius 1 is 1.13 bits per heavy atom. The van der Waals surface area contributed by atoms with E-state index in [1.54, 1.807) is 55.5 Å². The molecule has 2 aromatic rings. The summed E-state index contributed by atoms with van der Waals surface area (Å²) in [4.78, 5) is 48.8. The van der Waals surface area contributed by atoms with Crippen molar-refractivity contribution in [1.82, 2.24) is 10.4 Å². The van der Waals surface area contributed by atoms with E-state index >= 15 is 0 Å². The van der Waals surface area contributed by atoms with Crippen LogP contribution in [0.15, 0.2) is 48.5 Å². The monoisotopic (exact) mass is 429 g/mol. The average molecular weight is 430 g/mol. The Morgan fingerprint density at radius 3 is 2.57 bits per heavy atom. The summed E-state index contributed by atoms with van der Waals surface area (Å²) in [7, 11) is 0. The number of carbonyl (C=O) groups excluding carboxylic acids is 4. The zero-order valence-corrected chi connectivity index (χ0v) is 16.9. The molecule has 0 bridgehead atoms. The Hall–Kier alpha value is -3.39. The molecule has 30 heavy (non-hydrogen) atoms. The molecule has 1 atom stereocenters. The second kappa shape index (κ2) is 9.41. The standard InChI is InChI=1S/C21H20ClN3O5/c1-13-6-2-3-7-15(13)20(28)24-25-11-14(10-19(25)27)21(29)30-12-18(26)23-17-9-5-4-8-16(17)22/h2-9,14H,10-12H2,1H3,(H,23,26)(H,24,28)/t14-/m1/s1. The van der Waals surface area contributed by atoms with Crippen molar-refractivity contribution in [3.8, 4) is 0 Å². The van der Waals surface area contributed by atoms with Gasteiger partial charge in [-0.2, -0.15) is 0 Å². The fourth-order valence-electron chi connectivity index (χ4n) is 2.99. The molecule has 0 spiro atoms. The Bertz CT molecular complexity index is 994. The Labute approximate surface area is 178 Å². The molecule has 0 radical (unpaired) electrons. The Balaban J connectivity index is 1.50. The van der Waals surface area contributed by atoms with Gasteiger partial charge in [-0.25, -0.2) is 0 Å². The van der Waals surface area contributed by atoms with Crippen LogP contribution in [0.5, 0.6) is 0 Å². The molecule has 0 aliphatic carbocycles. The largest absolute Gasteiger partial charge is 0.455 e. The number of anilines is 1. The minimum absolute atomic E-state index is 0.0264. The maximum atomic E-state index is 12.4. The van der Waals surface area contributed by atoms with Crippen LogP contribution in [0.3, 0.4) is 0 Å². The van der Waals surface area contributed by atoms with Crippen LogP contribution in [0.1, 0.15) is 22.3 Å². The van der Waals surface area contributed by atoms with Crippen molar-refractivity contribution >= 4 is 41.0 Å². The van der Waals surface area contributed by atoms with E-state index in [1.165, 1.54) is 0 Å². The molecule has 3 amide bonds. The average Bonchev–Trinajstić information content (AvgIpc) is 3.08. The molecule has 0 unspecified atom stereocenters. The summed E-state index contributed by atoms with van der Waals surface area (Å²) in [5, 5.41) is 4.00. The number of nitrogens with zero attached hydrogens (tertiary/aromatic N) is 1. The molecule has 0 aromatic heterocycles. The highest BCUT2D eigenvalue weighted by atomic mass is 35.5. The summed E-state index contributed by atoms with van der Waals surface area (Å²) in [5.41, 5.74) is 4.12. The van der Waals surface area contributed by atoms with Crippen LogP contribution < -0.4 is 10.7 Å². The van der Waals surface area contributed by atoms with Gasteiger partial charge in [-0.3, -0.25) is 29.6 Å². The number of ether oxygens (including phenoxy) is 1. The van der Waals surface area contributed by atoms with Gasteiger partial charge in [0, 0.05) is 12.0 Å². The van der Waals surface area contributed by atoms with Crippen molar-refractivity contribution in [2.24, 2.45) is 5.92 Å². The predicted molar refractivity (Wildman–Crippen MR) is 110 cm³/mol. The Morgan fingerprint density at radius 2 is 1.83 bits per heavy atom. The molecule has 1 aliphatic heterocycles. The van der Waals surface area contributed by atoms with Crippen LogP contribution in [-0.2, 0) is 19.1 Å². The minimum atomic E-state index is -0.775. The quantitative estimate of drug-likeness (QED) is 0.686. The SMILES string of the molecule is Cc1ccccc1C(=O)NN1C[C@H](C(=O)OCC(=O)Nc2ccccc2Cl)CC1=O. The number of para-hydroxylation sites is 1. The highest BCUT2D eigenvalue weighted by Crippen LogP contribution is 2.21. The first-order valence-electron chi connectivity index (χ1n) is 9.23. The van der Waals surface area contributed by atoms with Crippen LogP contribution in [0.25, 0.3) is 0 Å². The summed E-state index contributed by atoms with van der Waals surface area (Å²) in [5.74, 6) is -2.85. The first kappa shape index (κ1) is 21.3. The van der Waals surface area contributed by atoms with Gasteiger partial charge in [0.1, 0.15) is 0 Å². The van der Waals surface area contributed by atoms with E-state index in [-0.39, 0.29) is 13.0 Å². The first-order chi connectivity index (χ1) is 14.3. The van der Waals surface area contributed by atoms with Crippen LogP contribution in [-0.4, -0.2) is 41.9 Å². The van der Waals surface area contributed by atoms with Crippen LogP contribution in [0.2, 0.25) is 5.02 Å². The number of hydrogen-bond acceptors (Lipinski definition) is 5. The van der Waals surface area contributed by atoms with E-state index in [1.807, 2.05) is 0 Å². The third kappa shape index (κ3) is 5.15. The number of aryl methyl sites for hydroxylation is 1. The van der Waals surface area contributed by atoms with Gasteiger partial charge >= 0.3 is 5.97 Å². The second-order valence-electron chi connectivity index (χ2n) is 6.80. The van der Waals surface area contributed by atoms with Gasteiger partial charge in [0.2, 0.25) is 5.91 Å². The topological polar surface area (TPSA) is 105 Å². The lowest BCUT2D eigenvalue weighted by atomic mass is 10.1. The van der Waals surface area contributed by atoms with Crippen molar-refractivity contribution < 1.29 is 23.9 Å². The Kier molecular flexibility index (Phi) is 6.68. The van der Waals surface area contributed by atoms with Crippen molar-refractivity contribution in [1.29, 1.82) is 0 Å². The number of benzene rings is 2. The first-order valence-corrected chi connectivity index (χ1v) is 9.61. The summed E-state index contributed by atoms with van der Waals surface area (Å²) in [6.07, 6.45) is -0.112. The van der Waals surface area contributed by atoms with E-state index in [9.17, 15) is 19.2 Å². The summed E-state index contributed by atoms with van der Waals surface area (Å²) in [6, 6.07) is 13.6. The minimum Gasteiger partial charge on any atom is -0.455 e. The van der Waals surface area contributed by atoms with E-state index in [2.05, 4.69) is 10.7 Å². The van der Waals surface area contributed by atoms with Gasteiger partial charge in [0.05, 0.1) is 23.2 Å². The molecule has 1 heterocycles. The molecule has 8 nitrogen and oxygen atoms in total. The molecule has 2 N–H and O–H groups in total. The zero-order valence-electron chi connectivity index (χ0n) is 16.2. The normalized spacial score (nSPS) is 15.6. The van der Waals surface area contributed by atoms with E-state index in [0.717, 1.165) is 10.6 Å². The van der Waals surface area contributed by atoms with Gasteiger partial charge in [-0.1, -0.05) is 41.9 Å². The van der Waals surface area contributed by atoms with Gasteiger partial charge in [0.25, 0.3) is 11.8 Å². The lowest BCUT2D eigenvalue weighted by Crippen LogP contribution is -2.43. The van der Waals surface area contributed by atoms with E-state index in [0.29, 0.717) is 16.3 Å². The van der Waals surface area contributed by atoms with Crippen molar-refractivity contribution in [3.05, 3.63) is 64.7 Å². The maximum absolute atomic E-state index is 12.4.